The largest absolute Gasteiger partial charge is 0.447 e. The molecule has 2 aromatic carbocycles. The van der Waals surface area contributed by atoms with Crippen molar-refractivity contribution in [1.29, 1.82) is 0 Å². The van der Waals surface area contributed by atoms with Crippen LogP contribution in [0.5, 0.6) is 0 Å². The van der Waals surface area contributed by atoms with E-state index in [1.165, 1.54) is 25.2 Å². The molecule has 1 unspecified atom stereocenters. The highest BCUT2D eigenvalue weighted by atomic mass is 32.2. The van der Waals surface area contributed by atoms with Crippen LogP contribution in [-0.4, -0.2) is 39.8 Å². The minimum atomic E-state index is -1.42. The minimum absolute atomic E-state index is 0.301. The molecule has 1 aromatic heterocycles. The Labute approximate surface area is 185 Å². The number of nitrogens with zero attached hydrogens (tertiary/aromatic N) is 1. The first kappa shape index (κ1) is 22.3. The van der Waals surface area contributed by atoms with Gasteiger partial charge in [0, 0.05) is 11.5 Å². The van der Waals surface area contributed by atoms with Crippen LogP contribution in [0.25, 0.3) is 22.2 Å². The van der Waals surface area contributed by atoms with Crippen molar-refractivity contribution in [1.82, 2.24) is 14.0 Å². The summed E-state index contributed by atoms with van der Waals surface area (Å²) in [7, 11) is 1.52. The van der Waals surface area contributed by atoms with Crippen molar-refractivity contribution in [3.05, 3.63) is 59.4 Å². The van der Waals surface area contributed by atoms with Gasteiger partial charge in [0.15, 0.2) is 0 Å². The summed E-state index contributed by atoms with van der Waals surface area (Å²) >= 11 is -1.42. The molecule has 5 rings (SSSR count). The van der Waals surface area contributed by atoms with Crippen LogP contribution in [0.15, 0.2) is 36.4 Å². The maximum absolute atomic E-state index is 14.1. The molecule has 0 radical (unpaired) electrons. The number of cyclic esters (lactones) is 1. The zero-order valence-corrected chi connectivity index (χ0v) is 18.1. The lowest BCUT2D eigenvalue weighted by Gasteiger charge is -2.26. The van der Waals surface area contributed by atoms with Crippen molar-refractivity contribution < 1.29 is 26.9 Å². The van der Waals surface area contributed by atoms with Crippen LogP contribution in [0.1, 0.15) is 30.7 Å². The van der Waals surface area contributed by atoms with Crippen LogP contribution in [0.2, 0.25) is 0 Å². The number of amides is 1. The second-order valence-corrected chi connectivity index (χ2v) is 8.88. The number of aromatic amines is 1. The van der Waals surface area contributed by atoms with Gasteiger partial charge < -0.3 is 9.72 Å². The summed E-state index contributed by atoms with van der Waals surface area (Å²) in [6.07, 6.45) is 2.63. The molecule has 170 valence electrons. The molecule has 10 heteroatoms. The van der Waals surface area contributed by atoms with Crippen molar-refractivity contribution in [3.63, 3.8) is 0 Å². The van der Waals surface area contributed by atoms with Gasteiger partial charge in [-0.05, 0) is 67.3 Å². The second-order valence-electron chi connectivity index (χ2n) is 7.53. The molecule has 1 saturated heterocycles. The van der Waals surface area contributed by atoms with E-state index in [0.717, 1.165) is 46.5 Å². The number of hydrogen-bond donors (Lipinski definition) is 2. The summed E-state index contributed by atoms with van der Waals surface area (Å²) in [5, 5.41) is 0.599. The van der Waals surface area contributed by atoms with Gasteiger partial charge in [-0.3, -0.25) is 0 Å². The zero-order chi connectivity index (χ0) is 22.8. The van der Waals surface area contributed by atoms with Gasteiger partial charge in [-0.2, -0.15) is 0 Å². The third-order valence-electron chi connectivity index (χ3n) is 5.61. The summed E-state index contributed by atoms with van der Waals surface area (Å²) in [6.45, 7) is 0.721. The van der Waals surface area contributed by atoms with E-state index >= 15 is 0 Å². The van der Waals surface area contributed by atoms with Gasteiger partial charge in [0.1, 0.15) is 24.1 Å². The summed E-state index contributed by atoms with van der Waals surface area (Å²) in [5.74, 6) is -1.18. The fourth-order valence-corrected chi connectivity index (χ4v) is 4.49. The minimum Gasteiger partial charge on any atom is -0.447 e. The maximum atomic E-state index is 14.1. The van der Waals surface area contributed by atoms with E-state index in [1.54, 1.807) is 12.1 Å². The van der Waals surface area contributed by atoms with Crippen molar-refractivity contribution in [3.8, 4) is 11.3 Å². The highest BCUT2D eigenvalue weighted by Crippen LogP contribution is 2.45. The lowest BCUT2D eigenvalue weighted by atomic mass is 9.78. The second kappa shape index (κ2) is 9.33. The van der Waals surface area contributed by atoms with Crippen molar-refractivity contribution in [2.75, 3.05) is 20.2 Å². The Hall–Kier alpha value is -2.85. The number of fused-ring (bicyclic) bond motifs is 1. The van der Waals surface area contributed by atoms with Gasteiger partial charge in [-0.1, -0.05) is 6.42 Å². The Balaban J connectivity index is 0.000000207. The molecule has 2 aliphatic rings. The average Bonchev–Trinajstić information content (AvgIpc) is 3.32. The predicted octanol–water partition coefficient (Wildman–Crippen LogP) is 4.76. The molecule has 2 heterocycles. The van der Waals surface area contributed by atoms with Crippen molar-refractivity contribution >= 4 is 28.2 Å². The first-order valence-corrected chi connectivity index (χ1v) is 11.3. The molecule has 2 fully saturated rings. The summed E-state index contributed by atoms with van der Waals surface area (Å²) in [6, 6.07) is 8.35. The summed E-state index contributed by atoms with van der Waals surface area (Å²) in [5.41, 5.74) is 2.83. The Morgan fingerprint density at radius 3 is 2.41 bits per heavy atom. The van der Waals surface area contributed by atoms with Gasteiger partial charge in [0.25, 0.3) is 0 Å². The molecular formula is C22H22F3N3O3S. The van der Waals surface area contributed by atoms with Gasteiger partial charge in [0.05, 0.1) is 17.8 Å². The fourth-order valence-electron chi connectivity index (χ4n) is 3.85. The number of hydrogen-bond acceptors (Lipinski definition) is 3. The topological polar surface area (TPSA) is 74.4 Å². The number of nitrogens with one attached hydrogen (secondary N) is 2. The monoisotopic (exact) mass is 465 g/mol. The molecule has 0 bridgehead atoms. The van der Waals surface area contributed by atoms with Crippen LogP contribution in [-0.2, 0) is 15.9 Å². The molecule has 2 N–H and O–H groups in total. The smallest absolute Gasteiger partial charge is 0.422 e. The number of rotatable bonds is 4. The van der Waals surface area contributed by atoms with E-state index in [0.29, 0.717) is 30.0 Å². The van der Waals surface area contributed by atoms with Crippen LogP contribution in [0.4, 0.5) is 18.0 Å². The summed E-state index contributed by atoms with van der Waals surface area (Å²) < 4.78 is 59.8. The Morgan fingerprint density at radius 2 is 1.84 bits per heavy atom. The number of ether oxygens (including phenoxy) is 1. The molecule has 3 aromatic rings. The molecular weight excluding hydrogens is 443 g/mol. The molecule has 6 nitrogen and oxygen atoms in total. The number of H-pyrrole nitrogens is 1. The van der Waals surface area contributed by atoms with E-state index < -0.39 is 28.9 Å². The van der Waals surface area contributed by atoms with E-state index in [9.17, 15) is 22.2 Å². The first-order valence-electron chi connectivity index (χ1n) is 10.2. The van der Waals surface area contributed by atoms with Gasteiger partial charge >= 0.3 is 6.09 Å². The van der Waals surface area contributed by atoms with Gasteiger partial charge in [-0.25, -0.2) is 31.2 Å². The van der Waals surface area contributed by atoms with Crippen molar-refractivity contribution in [2.24, 2.45) is 0 Å². The third kappa shape index (κ3) is 4.37. The molecule has 32 heavy (non-hydrogen) atoms. The molecule has 1 amide bonds. The Kier molecular flexibility index (Phi) is 6.52. The number of aromatic nitrogens is 1. The molecule has 1 atom stereocenters. The normalized spacial score (nSPS) is 17.0. The van der Waals surface area contributed by atoms with Gasteiger partial charge in [0.2, 0.25) is 11.2 Å². The first-order chi connectivity index (χ1) is 15.4. The standard InChI is InChI=1S/C18H14F3N.C4H8N2O3S/c19-12-6-4-11(5-7-12)17-16(10-2-1-3-10)14-8-13(20)9-15(21)18(14)22-17;1-5-10(8)6-2-3-9-4(6)7/h4-10,22H,1-3H2;5H,2-3H2,1H3. The van der Waals surface area contributed by atoms with E-state index in [-0.39, 0.29) is 5.82 Å². The van der Waals surface area contributed by atoms with Crippen LogP contribution < -0.4 is 4.72 Å². The Morgan fingerprint density at radius 1 is 1.12 bits per heavy atom. The van der Waals surface area contributed by atoms with Crippen LogP contribution >= 0.6 is 0 Å². The van der Waals surface area contributed by atoms with Gasteiger partial charge in [-0.15, -0.1) is 0 Å². The van der Waals surface area contributed by atoms with Crippen LogP contribution in [0.3, 0.4) is 0 Å². The van der Waals surface area contributed by atoms with E-state index in [4.69, 9.17) is 0 Å². The van der Waals surface area contributed by atoms with E-state index in [2.05, 4.69) is 14.4 Å². The third-order valence-corrected chi connectivity index (χ3v) is 6.69. The lowest BCUT2D eigenvalue weighted by molar-refractivity contribution is 0.170. The molecule has 1 aliphatic heterocycles. The quantitative estimate of drug-likeness (QED) is 0.584. The number of benzene rings is 2. The number of carbonyl (C=O) groups is 1. The predicted molar refractivity (Wildman–Crippen MR) is 115 cm³/mol. The van der Waals surface area contributed by atoms with E-state index in [1.807, 2.05) is 0 Å². The number of halogens is 3. The van der Waals surface area contributed by atoms with Crippen LogP contribution in [0, 0.1) is 17.5 Å². The average molecular weight is 465 g/mol. The lowest BCUT2D eigenvalue weighted by Crippen LogP contribution is -2.33. The highest BCUT2D eigenvalue weighted by molar-refractivity contribution is 7.81. The molecule has 1 saturated carbocycles. The number of carbonyl (C=O) groups excluding carboxylic acids is 1. The van der Waals surface area contributed by atoms with Crippen molar-refractivity contribution in [2.45, 2.75) is 25.2 Å². The zero-order valence-electron chi connectivity index (χ0n) is 17.3. The summed E-state index contributed by atoms with van der Waals surface area (Å²) in [4.78, 5) is 13.7. The molecule has 1 aliphatic carbocycles. The molecule has 0 spiro atoms. The Bertz CT molecular complexity index is 1160. The maximum Gasteiger partial charge on any atom is 0.422 e. The SMILES string of the molecule is CNS(=O)N1CCOC1=O.Fc1ccc(-c2[nH]c3c(F)cc(F)cc3c2C2CCC2)cc1. The fraction of sp³-hybridized carbons (Fsp3) is 0.318. The highest BCUT2D eigenvalue weighted by Gasteiger charge is 2.28.